The number of thiophene rings is 2. The van der Waals surface area contributed by atoms with E-state index in [2.05, 4.69) is 67.1 Å². The van der Waals surface area contributed by atoms with Crippen molar-refractivity contribution in [2.75, 3.05) is 7.05 Å². The molecular formula is C15H20BrNS2. The molecule has 1 unspecified atom stereocenters. The van der Waals surface area contributed by atoms with Gasteiger partial charge in [-0.15, -0.1) is 22.7 Å². The predicted molar refractivity (Wildman–Crippen MR) is 90.7 cm³/mol. The lowest BCUT2D eigenvalue weighted by molar-refractivity contribution is 0.604. The van der Waals surface area contributed by atoms with Crippen LogP contribution in [-0.2, 0) is 5.41 Å². The molecule has 0 amide bonds. The molecule has 0 aliphatic rings. The molecule has 0 aliphatic carbocycles. The highest BCUT2D eigenvalue weighted by molar-refractivity contribution is 9.11. The molecular weight excluding hydrogens is 338 g/mol. The molecule has 19 heavy (non-hydrogen) atoms. The zero-order valence-corrected chi connectivity index (χ0v) is 15.2. The third-order valence-electron chi connectivity index (χ3n) is 3.10. The van der Waals surface area contributed by atoms with Gasteiger partial charge in [-0.3, -0.25) is 0 Å². The molecule has 0 aliphatic heterocycles. The van der Waals surface area contributed by atoms with Gasteiger partial charge in [0.2, 0.25) is 0 Å². The Morgan fingerprint density at radius 1 is 1.16 bits per heavy atom. The monoisotopic (exact) mass is 357 g/mol. The molecule has 1 atom stereocenters. The number of hydrogen-bond acceptors (Lipinski definition) is 3. The summed E-state index contributed by atoms with van der Waals surface area (Å²) < 4.78 is 1.23. The second kappa shape index (κ2) is 5.68. The Balaban J connectivity index is 2.35. The van der Waals surface area contributed by atoms with Crippen LogP contribution in [0.1, 0.15) is 47.0 Å². The minimum Gasteiger partial charge on any atom is -0.308 e. The van der Waals surface area contributed by atoms with Crippen LogP contribution in [0, 0.1) is 6.92 Å². The van der Waals surface area contributed by atoms with E-state index in [1.807, 2.05) is 29.7 Å². The van der Waals surface area contributed by atoms with Crippen LogP contribution >= 0.6 is 38.6 Å². The van der Waals surface area contributed by atoms with Crippen molar-refractivity contribution < 1.29 is 0 Å². The topological polar surface area (TPSA) is 12.0 Å². The molecule has 4 heteroatoms. The Labute approximate surface area is 132 Å². The van der Waals surface area contributed by atoms with Crippen molar-refractivity contribution in [2.24, 2.45) is 0 Å². The SMILES string of the molecule is CNC(c1ccc(C(C)(C)C)s1)c1cc(C)c(Br)s1. The largest absolute Gasteiger partial charge is 0.308 e. The van der Waals surface area contributed by atoms with Gasteiger partial charge in [0.1, 0.15) is 0 Å². The van der Waals surface area contributed by atoms with Gasteiger partial charge in [0.25, 0.3) is 0 Å². The van der Waals surface area contributed by atoms with E-state index in [1.54, 1.807) is 0 Å². The lowest BCUT2D eigenvalue weighted by Gasteiger charge is -2.16. The molecule has 0 saturated heterocycles. The van der Waals surface area contributed by atoms with Crippen LogP contribution in [0.2, 0.25) is 0 Å². The minimum atomic E-state index is 0.229. The Morgan fingerprint density at radius 3 is 2.26 bits per heavy atom. The third-order valence-corrected chi connectivity index (χ3v) is 6.88. The maximum absolute atomic E-state index is 3.62. The standard InChI is InChI=1S/C15H20BrNS2/c1-9-8-11(19-14(9)16)13(17-5)10-6-7-12(18-10)15(2,3)4/h6-8,13,17H,1-5H3. The minimum absolute atomic E-state index is 0.229. The van der Waals surface area contributed by atoms with Crippen molar-refractivity contribution in [1.82, 2.24) is 5.32 Å². The molecule has 0 bridgehead atoms. The fraction of sp³-hybridized carbons (Fsp3) is 0.467. The molecule has 0 radical (unpaired) electrons. The van der Waals surface area contributed by atoms with E-state index in [0.29, 0.717) is 6.04 Å². The molecule has 0 fully saturated rings. The van der Waals surface area contributed by atoms with E-state index >= 15 is 0 Å². The summed E-state index contributed by atoms with van der Waals surface area (Å²) in [5.41, 5.74) is 1.54. The second-order valence-corrected chi connectivity index (χ2v) is 9.30. The number of rotatable bonds is 3. The highest BCUT2D eigenvalue weighted by Crippen LogP contribution is 2.38. The Morgan fingerprint density at radius 2 is 1.84 bits per heavy atom. The summed E-state index contributed by atoms with van der Waals surface area (Å²) in [5, 5.41) is 3.44. The molecule has 1 nitrogen and oxygen atoms in total. The van der Waals surface area contributed by atoms with E-state index in [0.717, 1.165) is 0 Å². The molecule has 2 aromatic heterocycles. The van der Waals surface area contributed by atoms with Crippen molar-refractivity contribution in [2.45, 2.75) is 39.2 Å². The molecule has 0 saturated carbocycles. The van der Waals surface area contributed by atoms with Crippen LogP contribution in [0.25, 0.3) is 0 Å². The van der Waals surface area contributed by atoms with E-state index in [9.17, 15) is 0 Å². The number of nitrogens with one attached hydrogen (secondary N) is 1. The van der Waals surface area contributed by atoms with Crippen molar-refractivity contribution in [3.8, 4) is 0 Å². The molecule has 2 heterocycles. The van der Waals surface area contributed by atoms with Gasteiger partial charge in [0.05, 0.1) is 9.83 Å². The lowest BCUT2D eigenvalue weighted by Crippen LogP contribution is -2.15. The molecule has 104 valence electrons. The molecule has 0 spiro atoms. The van der Waals surface area contributed by atoms with E-state index in [-0.39, 0.29) is 5.41 Å². The van der Waals surface area contributed by atoms with Crippen molar-refractivity contribution in [3.05, 3.63) is 42.2 Å². The van der Waals surface area contributed by atoms with Gasteiger partial charge in [0.15, 0.2) is 0 Å². The predicted octanol–water partition coefficient (Wildman–Crippen LogP) is 5.49. The quantitative estimate of drug-likeness (QED) is 0.765. The molecule has 0 aromatic carbocycles. The summed E-state index contributed by atoms with van der Waals surface area (Å²) >= 11 is 7.35. The summed E-state index contributed by atoms with van der Waals surface area (Å²) in [4.78, 5) is 4.20. The average Bonchev–Trinajstić information content (AvgIpc) is 2.88. The fourth-order valence-corrected chi connectivity index (χ4v) is 4.93. The zero-order valence-electron chi connectivity index (χ0n) is 12.0. The van der Waals surface area contributed by atoms with Crippen LogP contribution < -0.4 is 5.32 Å². The normalized spacial score (nSPS) is 13.8. The second-order valence-electron chi connectivity index (χ2n) is 5.78. The fourth-order valence-electron chi connectivity index (χ4n) is 1.96. The van der Waals surface area contributed by atoms with Gasteiger partial charge in [-0.25, -0.2) is 0 Å². The van der Waals surface area contributed by atoms with Gasteiger partial charge >= 0.3 is 0 Å². The Hall–Kier alpha value is -0.160. The average molecular weight is 358 g/mol. The zero-order chi connectivity index (χ0) is 14.2. The maximum Gasteiger partial charge on any atom is 0.0763 e. The van der Waals surface area contributed by atoms with Crippen LogP contribution in [0.3, 0.4) is 0 Å². The van der Waals surface area contributed by atoms with Gasteiger partial charge in [-0.05, 0) is 59.1 Å². The Kier molecular flexibility index (Phi) is 4.56. The van der Waals surface area contributed by atoms with Gasteiger partial charge in [-0.1, -0.05) is 20.8 Å². The van der Waals surface area contributed by atoms with Crippen LogP contribution in [0.15, 0.2) is 22.0 Å². The van der Waals surface area contributed by atoms with Crippen molar-refractivity contribution >= 4 is 38.6 Å². The Bertz CT molecular complexity index is 543. The lowest BCUT2D eigenvalue weighted by atomic mass is 9.95. The first-order valence-corrected chi connectivity index (χ1v) is 8.79. The first-order valence-electron chi connectivity index (χ1n) is 6.36. The number of aryl methyl sites for hydroxylation is 1. The van der Waals surface area contributed by atoms with Gasteiger partial charge < -0.3 is 5.32 Å². The van der Waals surface area contributed by atoms with Gasteiger partial charge in [-0.2, -0.15) is 0 Å². The molecule has 2 rings (SSSR count). The van der Waals surface area contributed by atoms with E-state index < -0.39 is 0 Å². The third kappa shape index (κ3) is 3.30. The van der Waals surface area contributed by atoms with Crippen LogP contribution in [0.4, 0.5) is 0 Å². The molecule has 2 aromatic rings. The summed E-state index contributed by atoms with van der Waals surface area (Å²) in [7, 11) is 2.03. The van der Waals surface area contributed by atoms with Crippen LogP contribution in [-0.4, -0.2) is 7.05 Å². The number of hydrogen-bond donors (Lipinski definition) is 1. The summed E-state index contributed by atoms with van der Waals surface area (Å²) in [6.07, 6.45) is 0. The highest BCUT2D eigenvalue weighted by atomic mass is 79.9. The van der Waals surface area contributed by atoms with E-state index in [1.165, 1.54) is 24.0 Å². The number of halogens is 1. The summed E-state index contributed by atoms with van der Waals surface area (Å²) in [6.45, 7) is 8.94. The first kappa shape index (κ1) is 15.2. The van der Waals surface area contributed by atoms with Crippen molar-refractivity contribution in [1.29, 1.82) is 0 Å². The molecule has 1 N–H and O–H groups in total. The smallest absolute Gasteiger partial charge is 0.0763 e. The summed E-state index contributed by atoms with van der Waals surface area (Å²) in [5.74, 6) is 0. The summed E-state index contributed by atoms with van der Waals surface area (Å²) in [6, 6.07) is 7.10. The first-order chi connectivity index (χ1) is 8.82. The van der Waals surface area contributed by atoms with Crippen LogP contribution in [0.5, 0.6) is 0 Å². The maximum atomic E-state index is 3.62. The van der Waals surface area contributed by atoms with Gasteiger partial charge in [0, 0.05) is 14.6 Å². The highest BCUT2D eigenvalue weighted by Gasteiger charge is 2.21. The van der Waals surface area contributed by atoms with E-state index in [4.69, 9.17) is 0 Å². The van der Waals surface area contributed by atoms with Crippen molar-refractivity contribution in [3.63, 3.8) is 0 Å².